The standard InChI is InChI=1S/C19H27N3O5/c1-13(25)18(21-27)19(26)20-9-14-4-6-22(7-5-14)10-15-2-3-16(11-23)17(8-15)12-24/h2-3,8,14,18,23-24H,4-7,9-12H2,1H3,(H,20,26). The van der Waals surface area contributed by atoms with Gasteiger partial charge in [-0.2, -0.15) is 0 Å². The van der Waals surface area contributed by atoms with Crippen LogP contribution in [0.2, 0.25) is 0 Å². The van der Waals surface area contributed by atoms with Crippen LogP contribution in [0.3, 0.4) is 0 Å². The van der Waals surface area contributed by atoms with Gasteiger partial charge in [0, 0.05) is 13.1 Å². The van der Waals surface area contributed by atoms with E-state index in [1.54, 1.807) is 0 Å². The second-order valence-corrected chi connectivity index (χ2v) is 7.00. The van der Waals surface area contributed by atoms with Gasteiger partial charge in [0.15, 0.2) is 5.78 Å². The summed E-state index contributed by atoms with van der Waals surface area (Å²) in [6.07, 6.45) is 1.81. The molecule has 0 aliphatic carbocycles. The second-order valence-electron chi connectivity index (χ2n) is 7.00. The molecule has 1 amide bonds. The number of rotatable bonds is 9. The normalized spacial score (nSPS) is 16.7. The maximum atomic E-state index is 11.8. The first kappa shape index (κ1) is 21.1. The van der Waals surface area contributed by atoms with E-state index in [0.717, 1.165) is 49.2 Å². The Morgan fingerprint density at radius 1 is 1.22 bits per heavy atom. The molecule has 2 rings (SSSR count). The van der Waals surface area contributed by atoms with Crippen molar-refractivity contribution in [2.24, 2.45) is 11.1 Å². The van der Waals surface area contributed by atoms with E-state index >= 15 is 0 Å². The average Bonchev–Trinajstić information content (AvgIpc) is 2.67. The second kappa shape index (κ2) is 10.2. The van der Waals surface area contributed by atoms with Gasteiger partial charge >= 0.3 is 0 Å². The molecule has 1 heterocycles. The van der Waals surface area contributed by atoms with Gasteiger partial charge < -0.3 is 15.5 Å². The van der Waals surface area contributed by atoms with E-state index in [1.807, 2.05) is 18.2 Å². The molecule has 0 radical (unpaired) electrons. The predicted molar refractivity (Wildman–Crippen MR) is 99.6 cm³/mol. The third kappa shape index (κ3) is 5.92. The molecule has 27 heavy (non-hydrogen) atoms. The number of likely N-dealkylation sites (tertiary alicyclic amines) is 1. The number of aliphatic hydroxyl groups excluding tert-OH is 2. The molecule has 1 saturated heterocycles. The number of benzene rings is 1. The number of nitrogens with one attached hydrogen (secondary N) is 1. The minimum absolute atomic E-state index is 0.0859. The molecule has 0 bridgehead atoms. The van der Waals surface area contributed by atoms with Crippen molar-refractivity contribution in [2.45, 2.75) is 45.6 Å². The molecule has 0 aromatic heterocycles. The lowest BCUT2D eigenvalue weighted by Gasteiger charge is -2.32. The van der Waals surface area contributed by atoms with E-state index in [4.69, 9.17) is 0 Å². The minimum Gasteiger partial charge on any atom is -0.392 e. The number of nitroso groups, excluding NO2 is 1. The largest absolute Gasteiger partial charge is 0.392 e. The van der Waals surface area contributed by atoms with E-state index in [-0.39, 0.29) is 13.2 Å². The fourth-order valence-electron chi connectivity index (χ4n) is 3.33. The Kier molecular flexibility index (Phi) is 8.02. The molecule has 8 nitrogen and oxygen atoms in total. The summed E-state index contributed by atoms with van der Waals surface area (Å²) in [7, 11) is 0. The highest BCUT2D eigenvalue weighted by Gasteiger charge is 2.26. The summed E-state index contributed by atoms with van der Waals surface area (Å²) in [5, 5.41) is 23.9. The molecule has 0 saturated carbocycles. The number of aliphatic hydroxyl groups is 2. The summed E-state index contributed by atoms with van der Waals surface area (Å²) >= 11 is 0. The van der Waals surface area contributed by atoms with Crippen LogP contribution < -0.4 is 5.32 Å². The van der Waals surface area contributed by atoms with Crippen LogP contribution in [0.1, 0.15) is 36.5 Å². The molecule has 1 unspecified atom stereocenters. The van der Waals surface area contributed by atoms with Crippen molar-refractivity contribution >= 4 is 11.7 Å². The van der Waals surface area contributed by atoms with E-state index in [1.165, 1.54) is 6.92 Å². The minimum atomic E-state index is -1.45. The molecule has 8 heteroatoms. The van der Waals surface area contributed by atoms with Crippen LogP contribution in [0.5, 0.6) is 0 Å². The number of hydrogen-bond acceptors (Lipinski definition) is 7. The van der Waals surface area contributed by atoms with Gasteiger partial charge in [0.25, 0.3) is 5.91 Å². The monoisotopic (exact) mass is 377 g/mol. The molecular weight excluding hydrogens is 350 g/mol. The van der Waals surface area contributed by atoms with Crippen molar-refractivity contribution in [1.29, 1.82) is 0 Å². The average molecular weight is 377 g/mol. The fourth-order valence-corrected chi connectivity index (χ4v) is 3.33. The molecular formula is C19H27N3O5. The Balaban J connectivity index is 1.79. The van der Waals surface area contributed by atoms with E-state index in [9.17, 15) is 24.7 Å². The Morgan fingerprint density at radius 2 is 1.89 bits per heavy atom. The molecule has 1 atom stereocenters. The first-order valence-electron chi connectivity index (χ1n) is 9.13. The first-order chi connectivity index (χ1) is 13.0. The number of Topliss-reactive ketones (excluding diaryl/α,β-unsaturated/α-hetero) is 1. The lowest BCUT2D eigenvalue weighted by molar-refractivity contribution is -0.129. The zero-order chi connectivity index (χ0) is 19.8. The van der Waals surface area contributed by atoms with E-state index < -0.39 is 17.7 Å². The number of piperidine rings is 1. The number of carbonyl (C=O) groups is 2. The highest BCUT2D eigenvalue weighted by molar-refractivity contribution is 6.04. The van der Waals surface area contributed by atoms with Crippen LogP contribution in [-0.2, 0) is 29.3 Å². The summed E-state index contributed by atoms with van der Waals surface area (Å²) in [6.45, 7) is 3.95. The summed E-state index contributed by atoms with van der Waals surface area (Å²) in [4.78, 5) is 35.9. The quantitative estimate of drug-likeness (QED) is 0.431. The predicted octanol–water partition coefficient (Wildman–Crippen LogP) is 0.723. The van der Waals surface area contributed by atoms with E-state index in [0.29, 0.717) is 12.5 Å². The summed E-state index contributed by atoms with van der Waals surface area (Å²) < 4.78 is 0. The molecule has 1 aromatic carbocycles. The van der Waals surface area contributed by atoms with Gasteiger partial charge in [0.2, 0.25) is 6.04 Å². The number of amides is 1. The van der Waals surface area contributed by atoms with Gasteiger partial charge in [0.1, 0.15) is 0 Å². The lowest BCUT2D eigenvalue weighted by atomic mass is 9.96. The maximum Gasteiger partial charge on any atom is 0.256 e. The van der Waals surface area contributed by atoms with Crippen molar-refractivity contribution in [3.8, 4) is 0 Å². The van der Waals surface area contributed by atoms with Crippen molar-refractivity contribution in [1.82, 2.24) is 10.2 Å². The third-order valence-corrected chi connectivity index (χ3v) is 5.03. The first-order valence-corrected chi connectivity index (χ1v) is 9.13. The highest BCUT2D eigenvalue weighted by atomic mass is 16.3. The fraction of sp³-hybridized carbons (Fsp3) is 0.579. The number of hydrogen-bond donors (Lipinski definition) is 3. The Morgan fingerprint density at radius 3 is 2.44 bits per heavy atom. The topological polar surface area (TPSA) is 119 Å². The molecule has 0 spiro atoms. The zero-order valence-corrected chi connectivity index (χ0v) is 15.6. The van der Waals surface area contributed by atoms with Crippen LogP contribution >= 0.6 is 0 Å². The molecule has 1 fully saturated rings. The van der Waals surface area contributed by atoms with Crippen molar-refractivity contribution < 1.29 is 19.8 Å². The molecule has 148 valence electrons. The third-order valence-electron chi connectivity index (χ3n) is 5.03. The van der Waals surface area contributed by atoms with Gasteiger partial charge in [-0.05, 0) is 60.6 Å². The van der Waals surface area contributed by atoms with Crippen LogP contribution in [-0.4, -0.2) is 52.5 Å². The maximum absolute atomic E-state index is 11.8. The summed E-state index contributed by atoms with van der Waals surface area (Å²) in [5.74, 6) is -0.874. The lowest BCUT2D eigenvalue weighted by Crippen LogP contribution is -2.42. The highest BCUT2D eigenvalue weighted by Crippen LogP contribution is 2.20. The Hall–Kier alpha value is -2.16. The van der Waals surface area contributed by atoms with Crippen molar-refractivity contribution in [3.05, 3.63) is 39.8 Å². The number of ketones is 1. The summed E-state index contributed by atoms with van der Waals surface area (Å²) in [5.41, 5.74) is 2.57. The van der Waals surface area contributed by atoms with Crippen LogP contribution in [0.25, 0.3) is 0 Å². The van der Waals surface area contributed by atoms with Gasteiger partial charge in [0.05, 0.1) is 13.2 Å². The van der Waals surface area contributed by atoms with Crippen LogP contribution in [0.4, 0.5) is 0 Å². The molecule has 1 aliphatic rings. The van der Waals surface area contributed by atoms with Crippen molar-refractivity contribution in [2.75, 3.05) is 19.6 Å². The smallest absolute Gasteiger partial charge is 0.256 e. The zero-order valence-electron chi connectivity index (χ0n) is 15.6. The molecule has 1 aliphatic heterocycles. The molecule has 3 N–H and O–H groups in total. The Bertz CT molecular complexity index is 671. The number of nitrogens with zero attached hydrogens (tertiary/aromatic N) is 2. The van der Waals surface area contributed by atoms with Gasteiger partial charge in [-0.15, -0.1) is 4.91 Å². The van der Waals surface area contributed by atoms with Gasteiger partial charge in [-0.1, -0.05) is 18.2 Å². The molecule has 1 aromatic rings. The SMILES string of the molecule is CC(=O)C(N=O)C(=O)NCC1CCN(Cc2ccc(CO)c(CO)c2)CC1. The Labute approximate surface area is 158 Å². The summed E-state index contributed by atoms with van der Waals surface area (Å²) in [6, 6.07) is 4.28. The number of carbonyl (C=O) groups excluding carboxylic acids is 2. The van der Waals surface area contributed by atoms with Crippen LogP contribution in [0, 0.1) is 10.8 Å². The van der Waals surface area contributed by atoms with Gasteiger partial charge in [-0.3, -0.25) is 14.5 Å². The van der Waals surface area contributed by atoms with E-state index in [2.05, 4.69) is 15.4 Å². The van der Waals surface area contributed by atoms with Crippen molar-refractivity contribution in [3.63, 3.8) is 0 Å². The van der Waals surface area contributed by atoms with Crippen LogP contribution in [0.15, 0.2) is 23.4 Å². The van der Waals surface area contributed by atoms with Gasteiger partial charge in [-0.25, -0.2) is 0 Å².